The number of hydrogen-bond acceptors (Lipinski definition) is 2. The Morgan fingerprint density at radius 2 is 1.97 bits per heavy atom. The van der Waals surface area contributed by atoms with Crippen molar-refractivity contribution in [1.29, 1.82) is 0 Å². The first kappa shape index (κ1) is 18.7. The number of anilines is 1. The van der Waals surface area contributed by atoms with Gasteiger partial charge in [-0.1, -0.05) is 42.8 Å². The summed E-state index contributed by atoms with van der Waals surface area (Å²) in [6.07, 6.45) is 7.85. The molecule has 2 aromatic rings. The highest BCUT2D eigenvalue weighted by molar-refractivity contribution is 6.30. The van der Waals surface area contributed by atoms with Crippen molar-refractivity contribution in [2.45, 2.75) is 38.1 Å². The van der Waals surface area contributed by atoms with Gasteiger partial charge >= 0.3 is 0 Å². The fourth-order valence-corrected chi connectivity index (χ4v) is 5.35. The highest BCUT2D eigenvalue weighted by atomic mass is 35.5. The number of benzene rings is 2. The topological polar surface area (TPSA) is 32.3 Å². The van der Waals surface area contributed by atoms with E-state index in [1.165, 1.54) is 11.1 Å². The third-order valence-corrected chi connectivity index (χ3v) is 7.12. The van der Waals surface area contributed by atoms with Crippen molar-refractivity contribution in [3.63, 3.8) is 0 Å². The van der Waals surface area contributed by atoms with Crippen molar-refractivity contribution in [2.24, 2.45) is 11.8 Å². The van der Waals surface area contributed by atoms with Crippen LogP contribution < -0.4 is 5.32 Å². The first-order valence-electron chi connectivity index (χ1n) is 10.7. The highest BCUT2D eigenvalue weighted by Crippen LogP contribution is 2.50. The van der Waals surface area contributed by atoms with E-state index in [4.69, 9.17) is 11.6 Å². The number of carbonyl (C=O) groups is 1. The van der Waals surface area contributed by atoms with Crippen LogP contribution in [0.1, 0.15) is 59.6 Å². The predicted molar refractivity (Wildman–Crippen MR) is 119 cm³/mol. The molecule has 1 saturated heterocycles. The van der Waals surface area contributed by atoms with Crippen LogP contribution in [-0.4, -0.2) is 23.9 Å². The largest absolute Gasteiger partial charge is 0.378 e. The Hall–Kier alpha value is -2.26. The first-order chi connectivity index (χ1) is 14.1. The van der Waals surface area contributed by atoms with Gasteiger partial charge in [-0.25, -0.2) is 0 Å². The minimum absolute atomic E-state index is 0.176. The molecule has 2 aromatic carbocycles. The lowest BCUT2D eigenvalue weighted by atomic mass is 9.76. The molecule has 1 N–H and O–H groups in total. The monoisotopic (exact) mass is 406 g/mol. The summed E-state index contributed by atoms with van der Waals surface area (Å²) in [6.45, 7) is 4.02. The molecule has 0 saturated carbocycles. The number of likely N-dealkylation sites (tertiary alicyclic amines) is 1. The number of rotatable bonds is 2. The molecule has 2 heterocycles. The standard InChI is InChI=1S/C25H27ClN2O/c1-16-10-12-28(13-11-16)25(29)18-8-9-23-22(15-18)20-6-3-7-21(20)24(27-23)17-4-2-5-19(26)14-17/h2-6,8-9,14-16,20-21,24,27H,7,10-13H2,1H3. The van der Waals surface area contributed by atoms with Crippen molar-refractivity contribution in [2.75, 3.05) is 18.4 Å². The molecule has 0 radical (unpaired) electrons. The van der Waals surface area contributed by atoms with Crippen LogP contribution in [0, 0.1) is 11.8 Å². The van der Waals surface area contributed by atoms with E-state index < -0.39 is 0 Å². The predicted octanol–water partition coefficient (Wildman–Crippen LogP) is 6.04. The average molecular weight is 407 g/mol. The normalized spacial score (nSPS) is 26.0. The third-order valence-electron chi connectivity index (χ3n) is 6.89. The van der Waals surface area contributed by atoms with E-state index in [0.29, 0.717) is 11.8 Å². The molecule has 29 heavy (non-hydrogen) atoms. The fourth-order valence-electron chi connectivity index (χ4n) is 5.15. The summed E-state index contributed by atoms with van der Waals surface area (Å²) >= 11 is 6.26. The molecule has 4 heteroatoms. The van der Waals surface area contributed by atoms with Gasteiger partial charge in [-0.3, -0.25) is 4.79 Å². The number of nitrogens with zero attached hydrogens (tertiary/aromatic N) is 1. The minimum atomic E-state index is 0.176. The van der Waals surface area contributed by atoms with Gasteiger partial charge in [-0.05, 0) is 72.6 Å². The average Bonchev–Trinajstić information content (AvgIpc) is 3.23. The maximum atomic E-state index is 13.1. The second kappa shape index (κ2) is 7.53. The number of hydrogen-bond donors (Lipinski definition) is 1. The van der Waals surface area contributed by atoms with Crippen molar-refractivity contribution in [1.82, 2.24) is 4.90 Å². The van der Waals surface area contributed by atoms with Crippen molar-refractivity contribution >= 4 is 23.2 Å². The van der Waals surface area contributed by atoms with Crippen LogP contribution in [0.4, 0.5) is 5.69 Å². The molecule has 1 amide bonds. The Morgan fingerprint density at radius 3 is 2.76 bits per heavy atom. The highest BCUT2D eigenvalue weighted by Gasteiger charge is 2.38. The van der Waals surface area contributed by atoms with E-state index >= 15 is 0 Å². The van der Waals surface area contributed by atoms with E-state index in [2.05, 4.69) is 48.7 Å². The summed E-state index contributed by atoms with van der Waals surface area (Å²) in [7, 11) is 0. The van der Waals surface area contributed by atoms with Crippen molar-refractivity contribution in [3.05, 3.63) is 76.3 Å². The summed E-state index contributed by atoms with van der Waals surface area (Å²) in [5.41, 5.74) is 4.43. The second-order valence-electron chi connectivity index (χ2n) is 8.81. The van der Waals surface area contributed by atoms with Gasteiger partial charge in [0.15, 0.2) is 0 Å². The Morgan fingerprint density at radius 1 is 1.14 bits per heavy atom. The lowest BCUT2D eigenvalue weighted by Gasteiger charge is -2.38. The Kier molecular flexibility index (Phi) is 4.87. The van der Waals surface area contributed by atoms with Crippen molar-refractivity contribution in [3.8, 4) is 0 Å². The second-order valence-corrected chi connectivity index (χ2v) is 9.24. The van der Waals surface area contributed by atoms with E-state index in [9.17, 15) is 4.79 Å². The smallest absolute Gasteiger partial charge is 0.253 e. The zero-order valence-electron chi connectivity index (χ0n) is 16.8. The SMILES string of the molecule is CC1CCN(C(=O)c2ccc3c(c2)C2C=CCC2C(c2cccc(Cl)c2)N3)CC1. The molecule has 1 fully saturated rings. The van der Waals surface area contributed by atoms with Crippen molar-refractivity contribution < 1.29 is 4.79 Å². The number of allylic oxidation sites excluding steroid dienone is 2. The van der Waals surface area contributed by atoms with Gasteiger partial charge in [0, 0.05) is 35.3 Å². The van der Waals surface area contributed by atoms with Gasteiger partial charge in [0.2, 0.25) is 0 Å². The molecule has 3 unspecified atom stereocenters. The third kappa shape index (κ3) is 3.46. The summed E-state index contributed by atoms with van der Waals surface area (Å²) in [4.78, 5) is 15.1. The molecule has 3 aliphatic rings. The maximum absolute atomic E-state index is 13.1. The number of piperidine rings is 1. The maximum Gasteiger partial charge on any atom is 0.253 e. The Labute approximate surface area is 177 Å². The molecule has 3 nitrogen and oxygen atoms in total. The van der Waals surface area contributed by atoms with Crippen LogP contribution in [0.25, 0.3) is 0 Å². The summed E-state index contributed by atoms with van der Waals surface area (Å²) in [5.74, 6) is 1.68. The van der Waals surface area contributed by atoms with Crippen LogP contribution in [0.2, 0.25) is 5.02 Å². The lowest BCUT2D eigenvalue weighted by Crippen LogP contribution is -2.38. The molecule has 1 aliphatic carbocycles. The quantitative estimate of drug-likeness (QED) is 0.616. The molecule has 150 valence electrons. The van der Waals surface area contributed by atoms with Gasteiger partial charge in [0.05, 0.1) is 6.04 Å². The van der Waals surface area contributed by atoms with Gasteiger partial charge < -0.3 is 10.2 Å². The zero-order valence-corrected chi connectivity index (χ0v) is 17.5. The molecule has 0 spiro atoms. The lowest BCUT2D eigenvalue weighted by molar-refractivity contribution is 0.0697. The molecule has 0 aromatic heterocycles. The Bertz CT molecular complexity index is 961. The van der Waals surface area contributed by atoms with E-state index in [-0.39, 0.29) is 11.9 Å². The van der Waals surface area contributed by atoms with E-state index in [1.54, 1.807) is 0 Å². The number of amides is 1. The summed E-state index contributed by atoms with van der Waals surface area (Å²) < 4.78 is 0. The molecule has 3 atom stereocenters. The minimum Gasteiger partial charge on any atom is -0.378 e. The van der Waals surface area contributed by atoms with Crippen LogP contribution in [0.3, 0.4) is 0 Å². The number of fused-ring (bicyclic) bond motifs is 3. The fraction of sp³-hybridized carbons (Fsp3) is 0.400. The van der Waals surface area contributed by atoms with Gasteiger partial charge in [-0.15, -0.1) is 0 Å². The molecule has 2 aliphatic heterocycles. The summed E-state index contributed by atoms with van der Waals surface area (Å²) in [5, 5.41) is 4.51. The molecular formula is C25H27ClN2O. The van der Waals surface area contributed by atoms with Gasteiger partial charge in [0.25, 0.3) is 5.91 Å². The molecule has 5 rings (SSSR count). The van der Waals surface area contributed by atoms with Crippen LogP contribution in [0.15, 0.2) is 54.6 Å². The van der Waals surface area contributed by atoms with Crippen LogP contribution in [-0.2, 0) is 0 Å². The first-order valence-corrected chi connectivity index (χ1v) is 11.1. The van der Waals surface area contributed by atoms with E-state index in [0.717, 1.165) is 54.5 Å². The Balaban J connectivity index is 1.45. The van der Waals surface area contributed by atoms with Gasteiger partial charge in [0.1, 0.15) is 0 Å². The number of halogens is 1. The van der Waals surface area contributed by atoms with Gasteiger partial charge in [-0.2, -0.15) is 0 Å². The molecule has 0 bridgehead atoms. The van der Waals surface area contributed by atoms with Crippen LogP contribution in [0.5, 0.6) is 0 Å². The van der Waals surface area contributed by atoms with Crippen LogP contribution >= 0.6 is 11.6 Å². The zero-order chi connectivity index (χ0) is 20.0. The van der Waals surface area contributed by atoms with E-state index in [1.807, 2.05) is 23.1 Å². The number of nitrogens with one attached hydrogen (secondary N) is 1. The number of carbonyl (C=O) groups excluding carboxylic acids is 1. The summed E-state index contributed by atoms with van der Waals surface area (Å²) in [6, 6.07) is 14.6. The molecular weight excluding hydrogens is 380 g/mol.